The van der Waals surface area contributed by atoms with Gasteiger partial charge in [0.25, 0.3) is 5.91 Å². The quantitative estimate of drug-likeness (QED) is 0.745. The number of furan rings is 1. The van der Waals surface area contributed by atoms with Crippen molar-refractivity contribution in [3.05, 3.63) is 24.2 Å². The molecule has 2 unspecified atom stereocenters. The van der Waals surface area contributed by atoms with Gasteiger partial charge in [0.1, 0.15) is 18.9 Å². The molecule has 2 amide bonds. The lowest BCUT2D eigenvalue weighted by Gasteiger charge is -2.32. The van der Waals surface area contributed by atoms with Crippen molar-refractivity contribution in [1.29, 1.82) is 0 Å². The molecule has 0 radical (unpaired) electrons. The third-order valence-electron chi connectivity index (χ3n) is 5.92. The predicted octanol–water partition coefficient (Wildman–Crippen LogP) is 2.46. The van der Waals surface area contributed by atoms with Crippen molar-refractivity contribution in [2.45, 2.75) is 64.0 Å². The first-order valence-corrected chi connectivity index (χ1v) is 10.3. The van der Waals surface area contributed by atoms with Gasteiger partial charge in [0, 0.05) is 5.92 Å². The van der Waals surface area contributed by atoms with Crippen LogP contribution < -0.4 is 10.6 Å². The van der Waals surface area contributed by atoms with Crippen LogP contribution >= 0.6 is 0 Å². The monoisotopic (exact) mass is 390 g/mol. The van der Waals surface area contributed by atoms with E-state index in [0.29, 0.717) is 24.5 Å². The SMILES string of the molecule is CCC1COCC(=O)C1NC(=O)[C@H](CC1CCCCC1)NC(=O)c1ccoc1. The van der Waals surface area contributed by atoms with Gasteiger partial charge >= 0.3 is 0 Å². The van der Waals surface area contributed by atoms with Crippen LogP contribution in [0.15, 0.2) is 23.0 Å². The van der Waals surface area contributed by atoms with Gasteiger partial charge in [0.05, 0.1) is 24.5 Å². The molecular formula is C21H30N2O5. The van der Waals surface area contributed by atoms with Crippen LogP contribution in [0.4, 0.5) is 0 Å². The fraction of sp³-hybridized carbons (Fsp3) is 0.667. The first-order valence-electron chi connectivity index (χ1n) is 10.3. The normalized spacial score (nSPS) is 24.5. The number of ether oxygens (including phenoxy) is 1. The molecule has 1 saturated carbocycles. The topological polar surface area (TPSA) is 97.6 Å². The summed E-state index contributed by atoms with van der Waals surface area (Å²) in [7, 11) is 0. The van der Waals surface area contributed by atoms with Crippen LogP contribution in [0.3, 0.4) is 0 Å². The Morgan fingerprint density at radius 2 is 2.04 bits per heavy atom. The first-order chi connectivity index (χ1) is 13.6. The maximum absolute atomic E-state index is 13.1. The van der Waals surface area contributed by atoms with Crippen molar-refractivity contribution in [1.82, 2.24) is 10.6 Å². The van der Waals surface area contributed by atoms with Crippen LogP contribution in [-0.4, -0.2) is 42.9 Å². The number of hydrogen-bond donors (Lipinski definition) is 2. The minimum atomic E-state index is -0.668. The number of ketones is 1. The zero-order valence-electron chi connectivity index (χ0n) is 16.4. The number of hydrogen-bond acceptors (Lipinski definition) is 5. The van der Waals surface area contributed by atoms with E-state index in [-0.39, 0.29) is 30.1 Å². The van der Waals surface area contributed by atoms with E-state index in [4.69, 9.17) is 9.15 Å². The van der Waals surface area contributed by atoms with Crippen molar-refractivity contribution in [2.24, 2.45) is 11.8 Å². The van der Waals surface area contributed by atoms with Gasteiger partial charge in [-0.05, 0) is 24.8 Å². The molecule has 28 heavy (non-hydrogen) atoms. The molecule has 0 bridgehead atoms. The van der Waals surface area contributed by atoms with E-state index in [1.165, 1.54) is 18.9 Å². The molecule has 7 nitrogen and oxygen atoms in total. The number of carbonyl (C=O) groups excluding carboxylic acids is 3. The van der Waals surface area contributed by atoms with Gasteiger partial charge < -0.3 is 19.8 Å². The molecule has 0 spiro atoms. The van der Waals surface area contributed by atoms with E-state index in [0.717, 1.165) is 32.1 Å². The van der Waals surface area contributed by atoms with E-state index in [1.54, 1.807) is 6.07 Å². The Labute approximate surface area is 165 Å². The summed E-state index contributed by atoms with van der Waals surface area (Å²) in [6.07, 6.45) is 9.80. The highest BCUT2D eigenvalue weighted by Gasteiger charge is 2.35. The molecule has 2 fully saturated rings. The largest absolute Gasteiger partial charge is 0.472 e. The molecular weight excluding hydrogens is 360 g/mol. The molecule has 3 rings (SSSR count). The molecule has 1 aliphatic carbocycles. The average molecular weight is 390 g/mol. The van der Waals surface area contributed by atoms with Crippen LogP contribution in [0.5, 0.6) is 0 Å². The van der Waals surface area contributed by atoms with Crippen LogP contribution in [0.25, 0.3) is 0 Å². The van der Waals surface area contributed by atoms with Gasteiger partial charge in [-0.1, -0.05) is 39.0 Å². The lowest BCUT2D eigenvalue weighted by atomic mass is 9.84. The van der Waals surface area contributed by atoms with Gasteiger partial charge in [-0.2, -0.15) is 0 Å². The molecule has 7 heteroatoms. The zero-order valence-corrected chi connectivity index (χ0v) is 16.4. The summed E-state index contributed by atoms with van der Waals surface area (Å²) in [5, 5.41) is 5.75. The maximum Gasteiger partial charge on any atom is 0.255 e. The number of amides is 2. The Bertz CT molecular complexity index is 666. The summed E-state index contributed by atoms with van der Waals surface area (Å²) in [4.78, 5) is 37.8. The number of rotatable bonds is 7. The Kier molecular flexibility index (Phi) is 7.25. The summed E-state index contributed by atoms with van der Waals surface area (Å²) in [5.41, 5.74) is 0.384. The second-order valence-electron chi connectivity index (χ2n) is 7.91. The van der Waals surface area contributed by atoms with E-state index < -0.39 is 12.1 Å². The van der Waals surface area contributed by atoms with Gasteiger partial charge in [-0.25, -0.2) is 0 Å². The highest BCUT2D eigenvalue weighted by atomic mass is 16.5. The number of Topliss-reactive ketones (excluding diaryl/α,β-unsaturated/α-hetero) is 1. The molecule has 2 N–H and O–H groups in total. The number of carbonyl (C=O) groups is 3. The third kappa shape index (κ3) is 5.22. The fourth-order valence-electron chi connectivity index (χ4n) is 4.19. The summed E-state index contributed by atoms with van der Waals surface area (Å²) in [6, 6.07) is 0.351. The van der Waals surface area contributed by atoms with E-state index in [2.05, 4.69) is 10.6 Å². The highest BCUT2D eigenvalue weighted by molar-refractivity contribution is 5.98. The molecule has 1 aliphatic heterocycles. The average Bonchev–Trinajstić information content (AvgIpc) is 3.24. The van der Waals surface area contributed by atoms with Crippen molar-refractivity contribution in [3.63, 3.8) is 0 Å². The molecule has 2 heterocycles. The van der Waals surface area contributed by atoms with Gasteiger partial charge in [-0.15, -0.1) is 0 Å². The molecule has 154 valence electrons. The predicted molar refractivity (Wildman–Crippen MR) is 103 cm³/mol. The maximum atomic E-state index is 13.1. The molecule has 1 aromatic heterocycles. The van der Waals surface area contributed by atoms with Crippen molar-refractivity contribution >= 4 is 17.6 Å². The molecule has 0 aromatic carbocycles. The standard InChI is InChI=1S/C21H30N2O5/c1-2-15-11-28-13-18(24)19(15)23-21(26)17(10-14-6-4-3-5-7-14)22-20(25)16-8-9-27-12-16/h8-9,12,14-15,17,19H,2-7,10-11,13H2,1H3,(H,22,25)(H,23,26)/t15?,17-,19?/m0/s1. The van der Waals surface area contributed by atoms with E-state index >= 15 is 0 Å². The van der Waals surface area contributed by atoms with Crippen molar-refractivity contribution in [3.8, 4) is 0 Å². The summed E-state index contributed by atoms with van der Waals surface area (Å²) >= 11 is 0. The first kappa shape index (κ1) is 20.6. The Morgan fingerprint density at radius 1 is 1.25 bits per heavy atom. The smallest absolute Gasteiger partial charge is 0.255 e. The number of nitrogens with one attached hydrogen (secondary N) is 2. The van der Waals surface area contributed by atoms with Crippen molar-refractivity contribution < 1.29 is 23.5 Å². The summed E-state index contributed by atoms with van der Waals surface area (Å²) in [6.45, 7) is 2.46. The van der Waals surface area contributed by atoms with Crippen LogP contribution in [0.1, 0.15) is 62.2 Å². The van der Waals surface area contributed by atoms with Gasteiger partial charge in [0.15, 0.2) is 5.78 Å². The Hall–Kier alpha value is -2.15. The second kappa shape index (κ2) is 9.87. The van der Waals surface area contributed by atoms with Crippen LogP contribution in [-0.2, 0) is 14.3 Å². The summed E-state index contributed by atoms with van der Waals surface area (Å²) < 4.78 is 10.3. The minimum absolute atomic E-state index is 0.0239. The van der Waals surface area contributed by atoms with Crippen LogP contribution in [0.2, 0.25) is 0 Å². The molecule has 3 atom stereocenters. The second-order valence-corrected chi connectivity index (χ2v) is 7.91. The third-order valence-corrected chi connectivity index (χ3v) is 5.92. The van der Waals surface area contributed by atoms with E-state index in [9.17, 15) is 14.4 Å². The Morgan fingerprint density at radius 3 is 2.71 bits per heavy atom. The molecule has 1 aromatic rings. The van der Waals surface area contributed by atoms with E-state index in [1.807, 2.05) is 6.92 Å². The van der Waals surface area contributed by atoms with Crippen LogP contribution in [0, 0.1) is 11.8 Å². The fourth-order valence-corrected chi connectivity index (χ4v) is 4.19. The minimum Gasteiger partial charge on any atom is -0.472 e. The van der Waals surface area contributed by atoms with Gasteiger partial charge in [-0.3, -0.25) is 14.4 Å². The summed E-state index contributed by atoms with van der Waals surface area (Å²) in [5.74, 6) is -0.369. The van der Waals surface area contributed by atoms with Gasteiger partial charge in [0.2, 0.25) is 5.91 Å². The van der Waals surface area contributed by atoms with Crippen molar-refractivity contribution in [2.75, 3.05) is 13.2 Å². The molecule has 2 aliphatic rings. The highest BCUT2D eigenvalue weighted by Crippen LogP contribution is 2.27. The lowest BCUT2D eigenvalue weighted by molar-refractivity contribution is -0.138. The lowest BCUT2D eigenvalue weighted by Crippen LogP contribution is -2.57. The molecule has 1 saturated heterocycles. The zero-order chi connectivity index (χ0) is 19.9. The Balaban J connectivity index is 1.69.